The second kappa shape index (κ2) is 7.17. The highest BCUT2D eigenvalue weighted by Gasteiger charge is 2.08. The molecule has 1 amide bonds. The smallest absolute Gasteiger partial charge is 0.251 e. The Morgan fingerprint density at radius 3 is 3.00 bits per heavy atom. The summed E-state index contributed by atoms with van der Waals surface area (Å²) in [5.74, 6) is 4.94. The Morgan fingerprint density at radius 1 is 1.48 bits per heavy atom. The van der Waals surface area contributed by atoms with Gasteiger partial charge in [-0.2, -0.15) is 5.10 Å². The molecule has 0 radical (unpaired) electrons. The zero-order valence-corrected chi connectivity index (χ0v) is 11.2. The number of nitrogens with zero attached hydrogens (tertiary/aromatic N) is 2. The molecule has 6 nitrogen and oxygen atoms in total. The van der Waals surface area contributed by atoms with Gasteiger partial charge in [0.25, 0.3) is 5.91 Å². The van der Waals surface area contributed by atoms with Gasteiger partial charge in [-0.05, 0) is 18.2 Å². The van der Waals surface area contributed by atoms with Crippen molar-refractivity contribution in [2.45, 2.75) is 6.42 Å². The number of amides is 1. The van der Waals surface area contributed by atoms with Gasteiger partial charge in [-0.1, -0.05) is 11.8 Å². The van der Waals surface area contributed by atoms with Crippen LogP contribution in [0.15, 0.2) is 24.5 Å². The molecule has 1 heterocycles. The molecule has 1 aromatic carbocycles. The van der Waals surface area contributed by atoms with Gasteiger partial charge in [0.05, 0.1) is 12.1 Å². The van der Waals surface area contributed by atoms with Crippen molar-refractivity contribution in [3.63, 3.8) is 0 Å². The van der Waals surface area contributed by atoms with E-state index in [2.05, 4.69) is 32.3 Å². The van der Waals surface area contributed by atoms with E-state index in [1.807, 2.05) is 0 Å². The minimum absolute atomic E-state index is 0.156. The van der Waals surface area contributed by atoms with Gasteiger partial charge >= 0.3 is 0 Å². The maximum atomic E-state index is 13.7. The zero-order chi connectivity index (χ0) is 15.1. The fourth-order valence-electron chi connectivity index (χ4n) is 1.65. The van der Waals surface area contributed by atoms with Crippen LogP contribution in [0.4, 0.5) is 4.39 Å². The van der Waals surface area contributed by atoms with Crippen LogP contribution in [0.1, 0.15) is 21.7 Å². The van der Waals surface area contributed by atoms with Gasteiger partial charge in [-0.15, -0.1) is 0 Å². The fourth-order valence-corrected chi connectivity index (χ4v) is 1.65. The van der Waals surface area contributed by atoms with E-state index in [1.165, 1.54) is 18.5 Å². The lowest BCUT2D eigenvalue weighted by Crippen LogP contribution is -2.26. The normalized spacial score (nSPS) is 9.81. The third-order valence-corrected chi connectivity index (χ3v) is 2.67. The Bertz CT molecular complexity index is 672. The maximum Gasteiger partial charge on any atom is 0.251 e. The van der Waals surface area contributed by atoms with E-state index in [0.29, 0.717) is 18.8 Å². The highest BCUT2D eigenvalue weighted by atomic mass is 19.1. The van der Waals surface area contributed by atoms with E-state index in [0.717, 1.165) is 6.07 Å². The molecule has 0 saturated carbocycles. The molecule has 4 N–H and O–H groups in total. The lowest BCUT2D eigenvalue weighted by molar-refractivity contribution is 0.0953. The number of rotatable bonds is 4. The second-order valence-corrected chi connectivity index (χ2v) is 4.14. The largest absolute Gasteiger partial charge is 0.352 e. The van der Waals surface area contributed by atoms with E-state index < -0.39 is 5.82 Å². The summed E-state index contributed by atoms with van der Waals surface area (Å²) < 4.78 is 13.7. The van der Waals surface area contributed by atoms with Crippen molar-refractivity contribution in [1.29, 1.82) is 0 Å². The number of nitrogens with two attached hydrogens (primary N) is 1. The third-order valence-electron chi connectivity index (χ3n) is 2.67. The topological polar surface area (TPSA) is 96.7 Å². The number of hydrogen-bond donors (Lipinski definition) is 3. The van der Waals surface area contributed by atoms with Crippen molar-refractivity contribution in [2.75, 3.05) is 13.1 Å². The summed E-state index contributed by atoms with van der Waals surface area (Å²) in [5.41, 5.74) is 5.69. The summed E-state index contributed by atoms with van der Waals surface area (Å²) >= 11 is 0. The van der Waals surface area contributed by atoms with Crippen LogP contribution < -0.4 is 11.1 Å². The average Bonchev–Trinajstić information content (AvgIpc) is 2.99. The first-order valence-electron chi connectivity index (χ1n) is 6.31. The number of halogens is 1. The van der Waals surface area contributed by atoms with Crippen LogP contribution in [0.25, 0.3) is 0 Å². The summed E-state index contributed by atoms with van der Waals surface area (Å²) in [6.07, 6.45) is 1.92. The third kappa shape index (κ3) is 4.12. The summed E-state index contributed by atoms with van der Waals surface area (Å²) in [4.78, 5) is 15.8. The van der Waals surface area contributed by atoms with Gasteiger partial charge < -0.3 is 11.1 Å². The van der Waals surface area contributed by atoms with Crippen LogP contribution >= 0.6 is 0 Å². The molecule has 0 aliphatic rings. The van der Waals surface area contributed by atoms with Gasteiger partial charge in [0.15, 0.2) is 0 Å². The standard InChI is InChI=1S/C14H14FN5O/c15-12-8-11(4-3-10(12)2-1-6-16)14(21)17-7-5-13-18-9-19-20-13/h3-4,8-9H,5-7,16H2,(H,17,21)(H,18,19,20). The SMILES string of the molecule is NCC#Cc1ccc(C(=O)NCCc2ncn[nH]2)cc1F. The van der Waals surface area contributed by atoms with Crippen molar-refractivity contribution >= 4 is 5.91 Å². The van der Waals surface area contributed by atoms with Crippen LogP contribution in [0.5, 0.6) is 0 Å². The molecule has 0 atom stereocenters. The van der Waals surface area contributed by atoms with Gasteiger partial charge in [0.2, 0.25) is 0 Å². The van der Waals surface area contributed by atoms with E-state index in [-0.39, 0.29) is 23.6 Å². The predicted octanol–water partition coefficient (Wildman–Crippen LogP) is 0.226. The zero-order valence-electron chi connectivity index (χ0n) is 11.2. The molecule has 0 aliphatic carbocycles. The van der Waals surface area contributed by atoms with Crippen molar-refractivity contribution < 1.29 is 9.18 Å². The summed E-state index contributed by atoms with van der Waals surface area (Å²) in [6, 6.07) is 4.14. The quantitative estimate of drug-likeness (QED) is 0.701. The van der Waals surface area contributed by atoms with Gasteiger partial charge in [0, 0.05) is 18.5 Å². The Balaban J connectivity index is 1.94. The number of benzene rings is 1. The molecule has 0 bridgehead atoms. The van der Waals surface area contributed by atoms with E-state index in [1.54, 1.807) is 0 Å². The van der Waals surface area contributed by atoms with Crippen LogP contribution in [0.3, 0.4) is 0 Å². The minimum Gasteiger partial charge on any atom is -0.352 e. The number of hydrogen-bond acceptors (Lipinski definition) is 4. The van der Waals surface area contributed by atoms with E-state index >= 15 is 0 Å². The molecule has 1 aromatic heterocycles. The molecule has 0 saturated heterocycles. The summed E-state index contributed by atoms with van der Waals surface area (Å²) in [7, 11) is 0. The van der Waals surface area contributed by atoms with E-state index in [4.69, 9.17) is 5.73 Å². The fraction of sp³-hybridized carbons (Fsp3) is 0.214. The number of carbonyl (C=O) groups is 1. The molecular weight excluding hydrogens is 273 g/mol. The number of H-pyrrole nitrogens is 1. The molecule has 21 heavy (non-hydrogen) atoms. The lowest BCUT2D eigenvalue weighted by atomic mass is 10.1. The molecule has 7 heteroatoms. The van der Waals surface area contributed by atoms with Gasteiger partial charge in [0.1, 0.15) is 18.0 Å². The highest BCUT2D eigenvalue weighted by Crippen LogP contribution is 2.09. The van der Waals surface area contributed by atoms with Crippen molar-refractivity contribution in [1.82, 2.24) is 20.5 Å². The Kier molecular flexibility index (Phi) is 5.01. The second-order valence-electron chi connectivity index (χ2n) is 4.14. The number of aromatic amines is 1. The van der Waals surface area contributed by atoms with Crippen LogP contribution in [0.2, 0.25) is 0 Å². The van der Waals surface area contributed by atoms with Crippen molar-refractivity contribution in [2.24, 2.45) is 5.73 Å². The first-order valence-corrected chi connectivity index (χ1v) is 6.31. The van der Waals surface area contributed by atoms with Crippen LogP contribution in [-0.4, -0.2) is 34.2 Å². The monoisotopic (exact) mass is 287 g/mol. The molecule has 2 rings (SSSR count). The van der Waals surface area contributed by atoms with E-state index in [9.17, 15) is 9.18 Å². The van der Waals surface area contributed by atoms with Crippen molar-refractivity contribution in [3.05, 3.63) is 47.3 Å². The van der Waals surface area contributed by atoms with Crippen LogP contribution in [-0.2, 0) is 6.42 Å². The number of carbonyl (C=O) groups excluding carboxylic acids is 1. The molecular formula is C14H14FN5O. The molecule has 0 spiro atoms. The first-order chi connectivity index (χ1) is 10.2. The minimum atomic E-state index is -0.543. The molecule has 0 unspecified atom stereocenters. The number of aromatic nitrogens is 3. The summed E-state index contributed by atoms with van der Waals surface area (Å²) in [5, 5.41) is 9.07. The average molecular weight is 287 g/mol. The first kappa shape index (κ1) is 14.7. The molecule has 0 fully saturated rings. The lowest BCUT2D eigenvalue weighted by Gasteiger charge is -2.04. The molecule has 108 valence electrons. The Labute approximate surface area is 121 Å². The van der Waals surface area contributed by atoms with Crippen LogP contribution in [0, 0.1) is 17.7 Å². The Morgan fingerprint density at radius 2 is 2.33 bits per heavy atom. The Hall–Kier alpha value is -2.72. The molecule has 2 aromatic rings. The summed E-state index contributed by atoms with van der Waals surface area (Å²) in [6.45, 7) is 0.535. The van der Waals surface area contributed by atoms with Crippen molar-refractivity contribution in [3.8, 4) is 11.8 Å². The predicted molar refractivity (Wildman–Crippen MR) is 74.8 cm³/mol. The number of nitrogens with one attached hydrogen (secondary N) is 2. The van der Waals surface area contributed by atoms with Gasteiger partial charge in [-0.3, -0.25) is 9.89 Å². The van der Waals surface area contributed by atoms with Gasteiger partial charge in [-0.25, -0.2) is 9.37 Å². The molecule has 0 aliphatic heterocycles. The highest BCUT2D eigenvalue weighted by molar-refractivity contribution is 5.94. The maximum absolute atomic E-state index is 13.7.